The Morgan fingerprint density at radius 3 is 2.44 bits per heavy atom. The van der Waals surface area contributed by atoms with Crippen LogP contribution in [0.15, 0.2) is 52.4 Å². The molecule has 9 heteroatoms. The topological polar surface area (TPSA) is 94.8 Å². The molecule has 32 heavy (non-hydrogen) atoms. The number of carbonyl (C=O) groups excluding carboxylic acids is 2. The van der Waals surface area contributed by atoms with Gasteiger partial charge in [0.25, 0.3) is 5.91 Å². The molecule has 0 bridgehead atoms. The van der Waals surface area contributed by atoms with E-state index in [-0.39, 0.29) is 17.0 Å². The SMILES string of the molecule is COC(=O)Cn1c(=NC(=O)c2cccc(S(=O)(=O)C(C)C)c2)sc2cc(C(C)C)ccc21. The summed E-state index contributed by atoms with van der Waals surface area (Å²) in [5.41, 5.74) is 2.07. The normalized spacial score (nSPS) is 12.7. The van der Waals surface area contributed by atoms with Crippen molar-refractivity contribution >= 4 is 43.3 Å². The van der Waals surface area contributed by atoms with Crippen LogP contribution in [0.5, 0.6) is 0 Å². The van der Waals surface area contributed by atoms with E-state index in [2.05, 4.69) is 18.8 Å². The van der Waals surface area contributed by atoms with Crippen LogP contribution in [0.3, 0.4) is 0 Å². The first-order valence-corrected chi connectivity index (χ1v) is 12.5. The summed E-state index contributed by atoms with van der Waals surface area (Å²) in [6, 6.07) is 11.8. The van der Waals surface area contributed by atoms with Crippen molar-refractivity contribution in [2.45, 2.75) is 50.3 Å². The zero-order chi connectivity index (χ0) is 23.6. The van der Waals surface area contributed by atoms with Gasteiger partial charge in [0.15, 0.2) is 14.6 Å². The third kappa shape index (κ3) is 4.83. The Kier molecular flexibility index (Phi) is 7.00. The van der Waals surface area contributed by atoms with E-state index in [1.54, 1.807) is 18.4 Å². The Hall–Kier alpha value is -2.78. The van der Waals surface area contributed by atoms with Gasteiger partial charge in [0.1, 0.15) is 6.54 Å². The molecule has 1 heterocycles. The second kappa shape index (κ2) is 9.38. The number of sulfone groups is 1. The molecule has 2 aromatic carbocycles. The Labute approximate surface area is 191 Å². The number of thiazole rings is 1. The minimum absolute atomic E-state index is 0.0777. The number of ether oxygens (including phenoxy) is 1. The molecule has 0 aliphatic rings. The summed E-state index contributed by atoms with van der Waals surface area (Å²) in [5.74, 6) is -0.722. The summed E-state index contributed by atoms with van der Waals surface area (Å²) in [7, 11) is -2.22. The van der Waals surface area contributed by atoms with Crippen LogP contribution in [0.4, 0.5) is 0 Å². The van der Waals surface area contributed by atoms with Crippen molar-refractivity contribution in [2.75, 3.05) is 7.11 Å². The van der Waals surface area contributed by atoms with Gasteiger partial charge < -0.3 is 9.30 Å². The summed E-state index contributed by atoms with van der Waals surface area (Å²) in [4.78, 5) is 29.6. The molecule has 0 atom stereocenters. The molecular weight excluding hydrogens is 448 g/mol. The van der Waals surface area contributed by atoms with Gasteiger partial charge in [0.2, 0.25) is 0 Å². The molecule has 0 unspecified atom stereocenters. The van der Waals surface area contributed by atoms with Crippen LogP contribution in [-0.4, -0.2) is 37.2 Å². The predicted octanol–water partition coefficient (Wildman–Crippen LogP) is 3.92. The van der Waals surface area contributed by atoms with Crippen LogP contribution < -0.4 is 4.80 Å². The number of carbonyl (C=O) groups is 2. The molecule has 170 valence electrons. The van der Waals surface area contributed by atoms with Gasteiger partial charge in [-0.25, -0.2) is 8.42 Å². The van der Waals surface area contributed by atoms with Gasteiger partial charge in [-0.05, 0) is 55.7 Å². The highest BCUT2D eigenvalue weighted by atomic mass is 32.2. The number of fused-ring (bicyclic) bond motifs is 1. The maximum Gasteiger partial charge on any atom is 0.325 e. The van der Waals surface area contributed by atoms with E-state index < -0.39 is 27.0 Å². The quantitative estimate of drug-likeness (QED) is 0.505. The molecule has 3 rings (SSSR count). The number of hydrogen-bond donors (Lipinski definition) is 0. The Morgan fingerprint density at radius 1 is 1.09 bits per heavy atom. The van der Waals surface area contributed by atoms with Gasteiger partial charge in [-0.15, -0.1) is 0 Å². The zero-order valence-electron chi connectivity index (χ0n) is 18.7. The van der Waals surface area contributed by atoms with Gasteiger partial charge in [-0.2, -0.15) is 4.99 Å². The fourth-order valence-corrected chi connectivity index (χ4v) is 5.29. The van der Waals surface area contributed by atoms with E-state index in [0.717, 1.165) is 15.8 Å². The van der Waals surface area contributed by atoms with Crippen molar-refractivity contribution in [1.29, 1.82) is 0 Å². The van der Waals surface area contributed by atoms with Crippen LogP contribution in [-0.2, 0) is 25.9 Å². The van der Waals surface area contributed by atoms with Crippen LogP contribution in [0.25, 0.3) is 10.2 Å². The summed E-state index contributed by atoms with van der Waals surface area (Å²) in [5, 5.41) is -0.607. The summed E-state index contributed by atoms with van der Waals surface area (Å²) >= 11 is 1.30. The van der Waals surface area contributed by atoms with Crippen molar-refractivity contribution in [3.8, 4) is 0 Å². The van der Waals surface area contributed by atoms with Crippen LogP contribution in [0.2, 0.25) is 0 Å². The molecule has 0 N–H and O–H groups in total. The molecule has 0 fully saturated rings. The lowest BCUT2D eigenvalue weighted by Gasteiger charge is -2.08. The summed E-state index contributed by atoms with van der Waals surface area (Å²) in [6.07, 6.45) is 0. The molecule has 0 spiro atoms. The third-order valence-corrected chi connectivity index (χ3v) is 8.31. The smallest absolute Gasteiger partial charge is 0.325 e. The number of benzene rings is 2. The van der Waals surface area contributed by atoms with Crippen molar-refractivity contribution in [3.63, 3.8) is 0 Å². The largest absolute Gasteiger partial charge is 0.468 e. The highest BCUT2D eigenvalue weighted by molar-refractivity contribution is 7.92. The highest BCUT2D eigenvalue weighted by Crippen LogP contribution is 2.24. The second-order valence-electron chi connectivity index (χ2n) is 7.97. The van der Waals surface area contributed by atoms with E-state index in [0.29, 0.717) is 10.7 Å². The van der Waals surface area contributed by atoms with Crippen molar-refractivity contribution in [2.24, 2.45) is 4.99 Å². The van der Waals surface area contributed by atoms with Crippen LogP contribution in [0.1, 0.15) is 49.5 Å². The van der Waals surface area contributed by atoms with Crippen molar-refractivity contribution < 1.29 is 22.7 Å². The standard InChI is InChI=1S/C23H26N2O5S2/c1-14(2)16-9-10-19-20(12-16)31-23(25(19)13-21(26)30-5)24-22(27)17-7-6-8-18(11-17)32(28,29)15(3)4/h6-12,14-15H,13H2,1-5H3. The molecule has 7 nitrogen and oxygen atoms in total. The molecule has 1 aromatic heterocycles. The van der Waals surface area contributed by atoms with Crippen LogP contribution >= 0.6 is 11.3 Å². The number of esters is 1. The molecule has 0 aliphatic heterocycles. The molecule has 0 saturated heterocycles. The number of rotatable bonds is 6. The fraction of sp³-hybridized carbons (Fsp3) is 0.348. The first-order valence-electron chi connectivity index (χ1n) is 10.2. The molecular formula is C23H26N2O5S2. The second-order valence-corrected chi connectivity index (χ2v) is 11.5. The van der Waals surface area contributed by atoms with Crippen molar-refractivity contribution in [1.82, 2.24) is 4.57 Å². The third-order valence-electron chi connectivity index (χ3n) is 5.12. The lowest BCUT2D eigenvalue weighted by atomic mass is 10.0. The Morgan fingerprint density at radius 2 is 1.81 bits per heavy atom. The predicted molar refractivity (Wildman–Crippen MR) is 125 cm³/mol. The number of amides is 1. The maximum atomic E-state index is 12.9. The van der Waals surface area contributed by atoms with E-state index >= 15 is 0 Å². The average Bonchev–Trinajstić information content (AvgIpc) is 3.09. The summed E-state index contributed by atoms with van der Waals surface area (Å²) in [6.45, 7) is 7.26. The minimum Gasteiger partial charge on any atom is -0.468 e. The zero-order valence-corrected chi connectivity index (χ0v) is 20.3. The Bertz CT molecular complexity index is 1350. The number of nitrogens with zero attached hydrogens (tertiary/aromatic N) is 2. The molecule has 1 amide bonds. The van der Waals surface area contributed by atoms with E-state index in [9.17, 15) is 18.0 Å². The monoisotopic (exact) mass is 474 g/mol. The highest BCUT2D eigenvalue weighted by Gasteiger charge is 2.20. The molecule has 0 radical (unpaired) electrons. The molecule has 0 aliphatic carbocycles. The lowest BCUT2D eigenvalue weighted by molar-refractivity contribution is -0.141. The molecule has 0 saturated carbocycles. The number of hydrogen-bond acceptors (Lipinski definition) is 6. The summed E-state index contributed by atoms with van der Waals surface area (Å²) < 4.78 is 32.3. The maximum absolute atomic E-state index is 12.9. The number of methoxy groups -OCH3 is 1. The van der Waals surface area contributed by atoms with Crippen LogP contribution in [0, 0.1) is 0 Å². The minimum atomic E-state index is -3.52. The van der Waals surface area contributed by atoms with Gasteiger partial charge in [-0.3, -0.25) is 9.59 Å². The van der Waals surface area contributed by atoms with E-state index in [1.165, 1.54) is 42.7 Å². The van der Waals surface area contributed by atoms with E-state index in [4.69, 9.17) is 4.74 Å². The Balaban J connectivity index is 2.13. The lowest BCUT2D eigenvalue weighted by Crippen LogP contribution is -2.22. The van der Waals surface area contributed by atoms with Gasteiger partial charge >= 0.3 is 5.97 Å². The van der Waals surface area contributed by atoms with Crippen molar-refractivity contribution in [3.05, 3.63) is 58.4 Å². The first kappa shape index (κ1) is 23.9. The number of aromatic nitrogens is 1. The fourth-order valence-electron chi connectivity index (χ4n) is 3.11. The average molecular weight is 475 g/mol. The molecule has 3 aromatic rings. The van der Waals surface area contributed by atoms with Gasteiger partial charge in [-0.1, -0.05) is 37.3 Å². The van der Waals surface area contributed by atoms with Gasteiger partial charge in [0, 0.05) is 5.56 Å². The van der Waals surface area contributed by atoms with Gasteiger partial charge in [0.05, 0.1) is 27.5 Å². The first-order chi connectivity index (χ1) is 15.0. The van der Waals surface area contributed by atoms with E-state index in [1.807, 2.05) is 18.2 Å².